The number of halogens is 2. The fourth-order valence-electron chi connectivity index (χ4n) is 2.69. The van der Waals surface area contributed by atoms with E-state index < -0.39 is 0 Å². The Labute approximate surface area is 118 Å². The Bertz CT molecular complexity index is 444. The third-order valence-corrected chi connectivity index (χ3v) is 4.24. The molecule has 1 aromatic rings. The van der Waals surface area contributed by atoms with Gasteiger partial charge in [-0.05, 0) is 30.5 Å². The molecule has 0 saturated heterocycles. The van der Waals surface area contributed by atoms with Crippen LogP contribution in [-0.4, -0.2) is 17.3 Å². The molecule has 2 rings (SSSR count). The minimum atomic E-state index is -0.310. The van der Waals surface area contributed by atoms with Crippen molar-refractivity contribution in [2.45, 2.75) is 44.1 Å². The maximum atomic E-state index is 13.1. The minimum Gasteiger partial charge on any atom is -0.349 e. The lowest BCUT2D eigenvalue weighted by Gasteiger charge is -2.36. The quantitative estimate of drug-likeness (QED) is 0.843. The molecule has 19 heavy (non-hydrogen) atoms. The number of hydrogen-bond donors (Lipinski definition) is 1. The second-order valence-corrected chi connectivity index (χ2v) is 5.60. The highest BCUT2D eigenvalue weighted by atomic mass is 35.5. The Morgan fingerprint density at radius 3 is 2.68 bits per heavy atom. The molecule has 1 aliphatic carbocycles. The first-order valence-electron chi connectivity index (χ1n) is 6.75. The Kier molecular flexibility index (Phi) is 4.81. The summed E-state index contributed by atoms with van der Waals surface area (Å²) in [7, 11) is 0. The van der Waals surface area contributed by atoms with Crippen LogP contribution < -0.4 is 5.32 Å². The first kappa shape index (κ1) is 14.3. The van der Waals surface area contributed by atoms with Gasteiger partial charge in [0.1, 0.15) is 5.82 Å². The zero-order chi connectivity index (χ0) is 13.7. The summed E-state index contributed by atoms with van der Waals surface area (Å²) >= 11 is 6.03. The SMILES string of the molecule is O=C(Cc1cccc(F)c1)NC1(CCl)CCCCC1. The molecule has 1 saturated carbocycles. The van der Waals surface area contributed by atoms with Crippen LogP contribution in [0.2, 0.25) is 0 Å². The topological polar surface area (TPSA) is 29.1 Å². The molecule has 0 unspecified atom stereocenters. The van der Waals surface area contributed by atoms with Gasteiger partial charge < -0.3 is 5.32 Å². The number of alkyl halides is 1. The summed E-state index contributed by atoms with van der Waals surface area (Å²) in [5.74, 6) is 0.0604. The summed E-state index contributed by atoms with van der Waals surface area (Å²) in [6, 6.07) is 6.16. The third-order valence-electron chi connectivity index (χ3n) is 3.72. The molecule has 2 nitrogen and oxygen atoms in total. The molecule has 1 aromatic carbocycles. The zero-order valence-electron chi connectivity index (χ0n) is 10.9. The Morgan fingerprint density at radius 2 is 2.05 bits per heavy atom. The lowest BCUT2D eigenvalue weighted by molar-refractivity contribution is -0.122. The molecule has 0 aromatic heterocycles. The predicted molar refractivity (Wildman–Crippen MR) is 74.8 cm³/mol. The van der Waals surface area contributed by atoms with Crippen molar-refractivity contribution >= 4 is 17.5 Å². The van der Waals surface area contributed by atoms with Gasteiger partial charge in [-0.1, -0.05) is 31.4 Å². The first-order valence-corrected chi connectivity index (χ1v) is 7.28. The van der Waals surface area contributed by atoms with E-state index in [0.29, 0.717) is 11.4 Å². The summed E-state index contributed by atoms with van der Waals surface area (Å²) in [6.45, 7) is 0. The van der Waals surface area contributed by atoms with Crippen molar-refractivity contribution in [2.24, 2.45) is 0 Å². The first-order chi connectivity index (χ1) is 9.13. The number of nitrogens with one attached hydrogen (secondary N) is 1. The molecule has 1 fully saturated rings. The number of rotatable bonds is 4. The summed E-state index contributed by atoms with van der Waals surface area (Å²) in [4.78, 5) is 12.1. The molecule has 0 spiro atoms. The molecule has 0 radical (unpaired) electrons. The normalized spacial score (nSPS) is 18.0. The largest absolute Gasteiger partial charge is 0.349 e. The number of carbonyl (C=O) groups is 1. The van der Waals surface area contributed by atoms with E-state index in [2.05, 4.69) is 5.32 Å². The van der Waals surface area contributed by atoms with E-state index >= 15 is 0 Å². The molecule has 1 aliphatic rings. The van der Waals surface area contributed by atoms with E-state index in [9.17, 15) is 9.18 Å². The van der Waals surface area contributed by atoms with E-state index in [0.717, 1.165) is 25.7 Å². The fourth-order valence-corrected chi connectivity index (χ4v) is 3.03. The highest BCUT2D eigenvalue weighted by Gasteiger charge is 2.32. The maximum Gasteiger partial charge on any atom is 0.224 e. The van der Waals surface area contributed by atoms with E-state index in [1.165, 1.54) is 18.6 Å². The molecule has 4 heteroatoms. The van der Waals surface area contributed by atoms with Crippen LogP contribution in [0.15, 0.2) is 24.3 Å². The van der Waals surface area contributed by atoms with Gasteiger partial charge in [0.15, 0.2) is 0 Å². The van der Waals surface area contributed by atoms with Crippen LogP contribution in [0.3, 0.4) is 0 Å². The lowest BCUT2D eigenvalue weighted by Crippen LogP contribution is -2.51. The van der Waals surface area contributed by atoms with Crippen molar-refractivity contribution < 1.29 is 9.18 Å². The van der Waals surface area contributed by atoms with Gasteiger partial charge in [-0.2, -0.15) is 0 Å². The highest BCUT2D eigenvalue weighted by molar-refractivity contribution is 6.18. The van der Waals surface area contributed by atoms with Crippen LogP contribution in [0.25, 0.3) is 0 Å². The molecule has 1 amide bonds. The standard InChI is InChI=1S/C15H19ClFNO/c16-11-15(7-2-1-3-8-15)18-14(19)10-12-5-4-6-13(17)9-12/h4-6,9H,1-3,7-8,10-11H2,(H,18,19). The van der Waals surface area contributed by atoms with E-state index in [-0.39, 0.29) is 23.7 Å². The lowest BCUT2D eigenvalue weighted by atomic mass is 9.83. The molecule has 1 N–H and O–H groups in total. The third kappa shape index (κ3) is 3.93. The Hall–Kier alpha value is -1.09. The number of hydrogen-bond acceptors (Lipinski definition) is 1. The van der Waals surface area contributed by atoms with Crippen LogP contribution in [0.4, 0.5) is 4.39 Å². The fraction of sp³-hybridized carbons (Fsp3) is 0.533. The van der Waals surface area contributed by atoms with Gasteiger partial charge in [0.2, 0.25) is 5.91 Å². The minimum absolute atomic E-state index is 0.0758. The van der Waals surface area contributed by atoms with Crippen molar-refractivity contribution in [3.8, 4) is 0 Å². The molecular formula is C15H19ClFNO. The number of amides is 1. The Morgan fingerprint density at radius 1 is 1.32 bits per heavy atom. The van der Waals surface area contributed by atoms with Gasteiger partial charge >= 0.3 is 0 Å². The second kappa shape index (κ2) is 6.38. The number of carbonyl (C=O) groups excluding carboxylic acids is 1. The molecule has 0 aliphatic heterocycles. The van der Waals surface area contributed by atoms with Crippen molar-refractivity contribution in [1.82, 2.24) is 5.32 Å². The van der Waals surface area contributed by atoms with Crippen molar-refractivity contribution in [2.75, 3.05) is 5.88 Å². The summed E-state index contributed by atoms with van der Waals surface area (Å²) in [5, 5.41) is 3.06. The van der Waals surface area contributed by atoms with Gasteiger partial charge in [0, 0.05) is 5.88 Å². The number of benzene rings is 1. The molecule has 104 valence electrons. The average molecular weight is 284 g/mol. The van der Waals surface area contributed by atoms with Gasteiger partial charge in [-0.15, -0.1) is 11.6 Å². The summed E-state index contributed by atoms with van der Waals surface area (Å²) in [6.07, 6.45) is 5.49. The van der Waals surface area contributed by atoms with Gasteiger partial charge in [-0.3, -0.25) is 4.79 Å². The van der Waals surface area contributed by atoms with Crippen LogP contribution in [-0.2, 0) is 11.2 Å². The Balaban J connectivity index is 1.96. The van der Waals surface area contributed by atoms with Gasteiger partial charge in [-0.25, -0.2) is 4.39 Å². The van der Waals surface area contributed by atoms with Crippen LogP contribution in [0.1, 0.15) is 37.7 Å². The zero-order valence-corrected chi connectivity index (χ0v) is 11.7. The van der Waals surface area contributed by atoms with E-state index in [1.54, 1.807) is 12.1 Å². The van der Waals surface area contributed by atoms with E-state index in [4.69, 9.17) is 11.6 Å². The molecule has 0 heterocycles. The second-order valence-electron chi connectivity index (χ2n) is 5.33. The van der Waals surface area contributed by atoms with Gasteiger partial charge in [0.05, 0.1) is 12.0 Å². The molecular weight excluding hydrogens is 265 g/mol. The van der Waals surface area contributed by atoms with Gasteiger partial charge in [0.25, 0.3) is 0 Å². The van der Waals surface area contributed by atoms with Crippen molar-refractivity contribution in [3.63, 3.8) is 0 Å². The van der Waals surface area contributed by atoms with Crippen LogP contribution >= 0.6 is 11.6 Å². The maximum absolute atomic E-state index is 13.1. The van der Waals surface area contributed by atoms with E-state index in [1.807, 2.05) is 0 Å². The average Bonchev–Trinajstić information content (AvgIpc) is 2.39. The van der Waals surface area contributed by atoms with Crippen LogP contribution in [0, 0.1) is 5.82 Å². The van der Waals surface area contributed by atoms with Crippen molar-refractivity contribution in [1.29, 1.82) is 0 Å². The molecule has 0 bridgehead atoms. The molecule has 0 atom stereocenters. The monoisotopic (exact) mass is 283 g/mol. The summed E-state index contributed by atoms with van der Waals surface area (Å²) < 4.78 is 13.1. The van der Waals surface area contributed by atoms with Crippen molar-refractivity contribution in [3.05, 3.63) is 35.6 Å². The van der Waals surface area contributed by atoms with Crippen LogP contribution in [0.5, 0.6) is 0 Å². The smallest absolute Gasteiger partial charge is 0.224 e. The predicted octanol–water partition coefficient (Wildman–Crippen LogP) is 3.43. The highest BCUT2D eigenvalue weighted by Crippen LogP contribution is 2.29. The summed E-state index contributed by atoms with van der Waals surface area (Å²) in [5.41, 5.74) is 0.433.